The fourth-order valence-electron chi connectivity index (χ4n) is 1.13. The molecule has 0 bridgehead atoms. The molecule has 0 aromatic heterocycles. The predicted octanol–water partition coefficient (Wildman–Crippen LogP) is 1.49. The second kappa shape index (κ2) is 6.07. The molecule has 0 atom stereocenters. The maximum atomic E-state index is 11.9. The van der Waals surface area contributed by atoms with Crippen LogP contribution in [0.15, 0.2) is 24.3 Å². The van der Waals surface area contributed by atoms with E-state index in [4.69, 9.17) is 0 Å². The predicted molar refractivity (Wildman–Crippen MR) is 57.5 cm³/mol. The van der Waals surface area contributed by atoms with Crippen molar-refractivity contribution in [2.24, 2.45) is 0 Å². The summed E-state index contributed by atoms with van der Waals surface area (Å²) in [6.07, 6.45) is -4.78. The van der Waals surface area contributed by atoms with Gasteiger partial charge in [0, 0.05) is 5.56 Å². The molecule has 0 aliphatic heterocycles. The molecule has 8 heteroatoms. The monoisotopic (exact) mass is 277 g/mol. The van der Waals surface area contributed by atoms with Crippen molar-refractivity contribution in [3.63, 3.8) is 0 Å². The molecule has 0 saturated heterocycles. The summed E-state index contributed by atoms with van der Waals surface area (Å²) in [6.45, 7) is -0.323. The first-order valence-electron chi connectivity index (χ1n) is 5.02. The third-order valence-corrected chi connectivity index (χ3v) is 1.97. The number of methoxy groups -OCH3 is 1. The molecule has 1 aromatic carbocycles. The molecular formula is C11H10F3NO4. The summed E-state index contributed by atoms with van der Waals surface area (Å²) in [7, 11) is 1.16. The van der Waals surface area contributed by atoms with E-state index in [1.165, 1.54) is 0 Å². The van der Waals surface area contributed by atoms with Gasteiger partial charge in [0.25, 0.3) is 5.91 Å². The number of esters is 1. The van der Waals surface area contributed by atoms with Gasteiger partial charge in [-0.2, -0.15) is 0 Å². The first kappa shape index (κ1) is 14.8. The van der Waals surface area contributed by atoms with Gasteiger partial charge in [0.1, 0.15) is 12.3 Å². The van der Waals surface area contributed by atoms with Gasteiger partial charge in [-0.05, 0) is 24.3 Å². The van der Waals surface area contributed by atoms with Crippen molar-refractivity contribution >= 4 is 11.9 Å². The highest BCUT2D eigenvalue weighted by Crippen LogP contribution is 2.22. The van der Waals surface area contributed by atoms with Gasteiger partial charge < -0.3 is 14.8 Å². The number of carbonyl (C=O) groups excluding carboxylic acids is 2. The zero-order chi connectivity index (χ0) is 14.5. The van der Waals surface area contributed by atoms with Gasteiger partial charge in [-0.1, -0.05) is 0 Å². The number of benzene rings is 1. The second-order valence-electron chi connectivity index (χ2n) is 3.33. The van der Waals surface area contributed by atoms with Crippen LogP contribution in [0.1, 0.15) is 10.4 Å². The Morgan fingerprint density at radius 1 is 1.21 bits per heavy atom. The second-order valence-corrected chi connectivity index (χ2v) is 3.33. The number of alkyl halides is 3. The van der Waals surface area contributed by atoms with Crippen LogP contribution in [0.3, 0.4) is 0 Å². The number of carbonyl (C=O) groups is 2. The number of halogens is 3. The van der Waals surface area contributed by atoms with Gasteiger partial charge in [0.2, 0.25) is 0 Å². The Labute approximate surface area is 106 Å². The largest absolute Gasteiger partial charge is 0.573 e. The third kappa shape index (κ3) is 5.28. The molecule has 1 N–H and O–H groups in total. The van der Waals surface area contributed by atoms with Crippen LogP contribution in [0, 0.1) is 0 Å². The summed E-state index contributed by atoms with van der Waals surface area (Å²) in [6, 6.07) is 4.29. The van der Waals surface area contributed by atoms with Crippen LogP contribution in [0.2, 0.25) is 0 Å². The molecule has 19 heavy (non-hydrogen) atoms. The van der Waals surface area contributed by atoms with Gasteiger partial charge >= 0.3 is 12.3 Å². The van der Waals surface area contributed by atoms with Crippen LogP contribution in [-0.4, -0.2) is 31.9 Å². The number of ether oxygens (including phenoxy) is 2. The minimum atomic E-state index is -4.78. The van der Waals surface area contributed by atoms with Crippen LogP contribution >= 0.6 is 0 Å². The molecule has 0 spiro atoms. The lowest BCUT2D eigenvalue weighted by atomic mass is 10.2. The van der Waals surface area contributed by atoms with Crippen molar-refractivity contribution in [3.8, 4) is 5.75 Å². The van der Waals surface area contributed by atoms with Crippen molar-refractivity contribution in [2.75, 3.05) is 13.7 Å². The first-order chi connectivity index (χ1) is 8.81. The zero-order valence-corrected chi connectivity index (χ0v) is 9.78. The molecule has 0 heterocycles. The highest BCUT2D eigenvalue weighted by molar-refractivity contribution is 5.95. The van der Waals surface area contributed by atoms with Crippen LogP contribution in [0.5, 0.6) is 5.75 Å². The summed E-state index contributed by atoms with van der Waals surface area (Å²) < 4.78 is 43.6. The van der Waals surface area contributed by atoms with Crippen molar-refractivity contribution in [2.45, 2.75) is 6.36 Å². The van der Waals surface area contributed by atoms with E-state index in [2.05, 4.69) is 14.8 Å². The molecular weight excluding hydrogens is 267 g/mol. The molecule has 1 aromatic rings. The quantitative estimate of drug-likeness (QED) is 0.847. The number of hydrogen-bond donors (Lipinski definition) is 1. The fourth-order valence-corrected chi connectivity index (χ4v) is 1.13. The molecule has 0 saturated carbocycles. The average Bonchev–Trinajstić information content (AvgIpc) is 2.34. The summed E-state index contributed by atoms with van der Waals surface area (Å²) in [5, 5.41) is 2.24. The topological polar surface area (TPSA) is 64.6 Å². The lowest BCUT2D eigenvalue weighted by Crippen LogP contribution is -2.30. The SMILES string of the molecule is COC(=O)CNC(=O)c1ccc(OC(F)(F)F)cc1. The van der Waals surface area contributed by atoms with Gasteiger partial charge in [-0.3, -0.25) is 9.59 Å². The Morgan fingerprint density at radius 3 is 2.26 bits per heavy atom. The third-order valence-electron chi connectivity index (χ3n) is 1.97. The molecule has 104 valence electrons. The van der Waals surface area contributed by atoms with E-state index in [-0.39, 0.29) is 12.1 Å². The number of rotatable bonds is 4. The maximum Gasteiger partial charge on any atom is 0.573 e. The molecule has 5 nitrogen and oxygen atoms in total. The molecule has 1 amide bonds. The summed E-state index contributed by atoms with van der Waals surface area (Å²) in [5.74, 6) is -1.67. The summed E-state index contributed by atoms with van der Waals surface area (Å²) in [5.41, 5.74) is 0.0958. The van der Waals surface area contributed by atoms with Gasteiger partial charge in [-0.15, -0.1) is 13.2 Å². The Kier molecular flexibility index (Phi) is 4.74. The van der Waals surface area contributed by atoms with Gasteiger partial charge in [0.05, 0.1) is 7.11 Å². The minimum Gasteiger partial charge on any atom is -0.468 e. The Bertz CT molecular complexity index is 456. The van der Waals surface area contributed by atoms with E-state index in [0.717, 1.165) is 31.4 Å². The molecule has 1 rings (SSSR count). The lowest BCUT2D eigenvalue weighted by Gasteiger charge is -2.09. The Balaban J connectivity index is 2.61. The van der Waals surface area contributed by atoms with E-state index in [1.54, 1.807) is 0 Å². The number of nitrogens with one attached hydrogen (secondary N) is 1. The highest BCUT2D eigenvalue weighted by atomic mass is 19.4. The highest BCUT2D eigenvalue weighted by Gasteiger charge is 2.31. The van der Waals surface area contributed by atoms with Crippen LogP contribution < -0.4 is 10.1 Å². The van der Waals surface area contributed by atoms with E-state index in [0.29, 0.717) is 0 Å². The molecule has 0 radical (unpaired) electrons. The smallest absolute Gasteiger partial charge is 0.468 e. The maximum absolute atomic E-state index is 11.9. The molecule has 0 aliphatic rings. The first-order valence-corrected chi connectivity index (χ1v) is 5.02. The number of hydrogen-bond acceptors (Lipinski definition) is 4. The summed E-state index contributed by atoms with van der Waals surface area (Å²) in [4.78, 5) is 22.3. The molecule has 0 unspecified atom stereocenters. The van der Waals surface area contributed by atoms with Crippen LogP contribution in [-0.2, 0) is 9.53 Å². The van der Waals surface area contributed by atoms with E-state index < -0.39 is 24.0 Å². The van der Waals surface area contributed by atoms with E-state index in [9.17, 15) is 22.8 Å². The minimum absolute atomic E-state index is 0.0958. The normalized spacial score (nSPS) is 10.7. The van der Waals surface area contributed by atoms with Crippen LogP contribution in [0.25, 0.3) is 0 Å². The van der Waals surface area contributed by atoms with Gasteiger partial charge in [0.15, 0.2) is 0 Å². The van der Waals surface area contributed by atoms with Crippen molar-refractivity contribution in [3.05, 3.63) is 29.8 Å². The molecule has 0 aliphatic carbocycles. The Morgan fingerprint density at radius 2 is 1.79 bits per heavy atom. The fraction of sp³-hybridized carbons (Fsp3) is 0.273. The van der Waals surface area contributed by atoms with Crippen molar-refractivity contribution < 1.29 is 32.2 Å². The van der Waals surface area contributed by atoms with Crippen molar-refractivity contribution in [1.82, 2.24) is 5.32 Å². The standard InChI is InChI=1S/C11H10F3NO4/c1-18-9(16)6-15-10(17)7-2-4-8(5-3-7)19-11(12,13)14/h2-5H,6H2,1H3,(H,15,17). The van der Waals surface area contributed by atoms with E-state index >= 15 is 0 Å². The Hall–Kier alpha value is -2.25. The van der Waals surface area contributed by atoms with E-state index in [1.807, 2.05) is 0 Å². The number of amides is 1. The van der Waals surface area contributed by atoms with Crippen LogP contribution in [0.4, 0.5) is 13.2 Å². The summed E-state index contributed by atoms with van der Waals surface area (Å²) >= 11 is 0. The van der Waals surface area contributed by atoms with Gasteiger partial charge in [-0.25, -0.2) is 0 Å². The lowest BCUT2D eigenvalue weighted by molar-refractivity contribution is -0.274. The zero-order valence-electron chi connectivity index (χ0n) is 9.78. The molecule has 0 fully saturated rings. The average molecular weight is 277 g/mol. The van der Waals surface area contributed by atoms with Crippen molar-refractivity contribution in [1.29, 1.82) is 0 Å².